The van der Waals surface area contributed by atoms with Gasteiger partial charge < -0.3 is 5.32 Å². The number of aryl methyl sites for hydroxylation is 1. The van der Waals surface area contributed by atoms with E-state index in [-0.39, 0.29) is 5.91 Å². The van der Waals surface area contributed by atoms with E-state index >= 15 is 0 Å². The second-order valence-electron chi connectivity index (χ2n) is 3.73. The quantitative estimate of drug-likeness (QED) is 0.802. The molecule has 1 N–H and O–H groups in total. The number of hydrogen-bond acceptors (Lipinski definition) is 3. The van der Waals surface area contributed by atoms with Gasteiger partial charge in [0.25, 0.3) is 0 Å². The summed E-state index contributed by atoms with van der Waals surface area (Å²) >= 11 is 0. The molecule has 1 aromatic heterocycles. The molecule has 2 rings (SSSR count). The lowest BCUT2D eigenvalue weighted by molar-refractivity contribution is -0.119. The monoisotopic (exact) mass is 204 g/mol. The normalized spacial score (nSPS) is 16.8. The lowest BCUT2D eigenvalue weighted by atomic mass is 10.1. The Balaban J connectivity index is 2.04. The molecule has 1 heterocycles. The van der Waals surface area contributed by atoms with E-state index in [1.807, 2.05) is 6.92 Å². The Morgan fingerprint density at radius 1 is 1.80 bits per heavy atom. The molecule has 5 heteroatoms. The van der Waals surface area contributed by atoms with Crippen LogP contribution in [-0.4, -0.2) is 15.7 Å². The van der Waals surface area contributed by atoms with Gasteiger partial charge in [-0.3, -0.25) is 9.48 Å². The lowest BCUT2D eigenvalue weighted by Crippen LogP contribution is -2.22. The van der Waals surface area contributed by atoms with E-state index in [1.165, 1.54) is 0 Å². The van der Waals surface area contributed by atoms with E-state index in [1.54, 1.807) is 17.1 Å². The summed E-state index contributed by atoms with van der Waals surface area (Å²) in [7, 11) is 0. The number of anilines is 1. The van der Waals surface area contributed by atoms with Crippen molar-refractivity contribution in [2.75, 3.05) is 5.32 Å². The van der Waals surface area contributed by atoms with Crippen LogP contribution in [-0.2, 0) is 11.3 Å². The molecule has 1 aliphatic rings. The standard InChI is InChI=1S/C10H12N4O/c1-2-14-6-8(5-12-14)13-9(15)10(7-11)3-4-10/h5-6H,2-4H2,1H3,(H,13,15). The highest BCUT2D eigenvalue weighted by atomic mass is 16.2. The molecule has 0 unspecified atom stereocenters. The van der Waals surface area contributed by atoms with Gasteiger partial charge in [-0.25, -0.2) is 0 Å². The van der Waals surface area contributed by atoms with Crippen LogP contribution in [0.25, 0.3) is 0 Å². The van der Waals surface area contributed by atoms with Gasteiger partial charge in [-0.2, -0.15) is 10.4 Å². The topological polar surface area (TPSA) is 70.7 Å². The smallest absolute Gasteiger partial charge is 0.244 e. The second kappa shape index (κ2) is 3.39. The fraction of sp³-hybridized carbons (Fsp3) is 0.500. The van der Waals surface area contributed by atoms with Crippen LogP contribution in [0, 0.1) is 16.7 Å². The molecule has 0 saturated heterocycles. The summed E-state index contributed by atoms with van der Waals surface area (Å²) in [4.78, 5) is 11.7. The first kappa shape index (κ1) is 9.71. The molecule has 1 saturated carbocycles. The van der Waals surface area contributed by atoms with E-state index in [2.05, 4.69) is 16.5 Å². The van der Waals surface area contributed by atoms with Crippen molar-refractivity contribution in [1.29, 1.82) is 5.26 Å². The second-order valence-corrected chi connectivity index (χ2v) is 3.73. The van der Waals surface area contributed by atoms with Crippen LogP contribution in [0.15, 0.2) is 12.4 Å². The molecule has 1 fully saturated rings. The Labute approximate surface area is 87.7 Å². The van der Waals surface area contributed by atoms with E-state index in [4.69, 9.17) is 5.26 Å². The van der Waals surface area contributed by atoms with E-state index < -0.39 is 5.41 Å². The van der Waals surface area contributed by atoms with Crippen molar-refractivity contribution in [2.24, 2.45) is 5.41 Å². The first-order valence-electron chi connectivity index (χ1n) is 4.95. The van der Waals surface area contributed by atoms with E-state index in [0.717, 1.165) is 6.54 Å². The minimum absolute atomic E-state index is 0.208. The molecular formula is C10H12N4O. The minimum atomic E-state index is -0.770. The first-order valence-corrected chi connectivity index (χ1v) is 4.95. The fourth-order valence-electron chi connectivity index (χ4n) is 1.37. The Kier molecular flexibility index (Phi) is 2.19. The summed E-state index contributed by atoms with van der Waals surface area (Å²) in [6.07, 6.45) is 4.68. The maximum atomic E-state index is 11.7. The van der Waals surface area contributed by atoms with E-state index in [9.17, 15) is 4.79 Å². The van der Waals surface area contributed by atoms with Gasteiger partial charge in [0.2, 0.25) is 5.91 Å². The first-order chi connectivity index (χ1) is 7.20. The molecule has 0 atom stereocenters. The molecule has 78 valence electrons. The fourth-order valence-corrected chi connectivity index (χ4v) is 1.37. The Morgan fingerprint density at radius 2 is 2.53 bits per heavy atom. The van der Waals surface area contributed by atoms with Crippen molar-refractivity contribution >= 4 is 11.6 Å². The third kappa shape index (κ3) is 1.71. The largest absolute Gasteiger partial charge is 0.322 e. The average molecular weight is 204 g/mol. The summed E-state index contributed by atoms with van der Waals surface area (Å²) in [5.74, 6) is -0.208. The number of nitriles is 1. The van der Waals surface area contributed by atoms with Gasteiger partial charge in [-0.15, -0.1) is 0 Å². The summed E-state index contributed by atoms with van der Waals surface area (Å²) in [5.41, 5.74) is -0.114. The third-order valence-electron chi connectivity index (χ3n) is 2.61. The van der Waals surface area contributed by atoms with Gasteiger partial charge in [-0.05, 0) is 19.8 Å². The number of aromatic nitrogens is 2. The zero-order chi connectivity index (χ0) is 10.9. The summed E-state index contributed by atoms with van der Waals surface area (Å²) in [6, 6.07) is 2.05. The Bertz CT molecular complexity index is 425. The predicted molar refractivity (Wildman–Crippen MR) is 53.8 cm³/mol. The zero-order valence-electron chi connectivity index (χ0n) is 8.53. The van der Waals surface area contributed by atoms with Crippen LogP contribution < -0.4 is 5.32 Å². The van der Waals surface area contributed by atoms with Crippen molar-refractivity contribution in [1.82, 2.24) is 9.78 Å². The zero-order valence-corrected chi connectivity index (χ0v) is 8.53. The van der Waals surface area contributed by atoms with Gasteiger partial charge in [0.1, 0.15) is 5.41 Å². The predicted octanol–water partition coefficient (Wildman–Crippen LogP) is 1.15. The van der Waals surface area contributed by atoms with Gasteiger partial charge >= 0.3 is 0 Å². The van der Waals surface area contributed by atoms with Crippen LogP contribution in [0.3, 0.4) is 0 Å². The van der Waals surface area contributed by atoms with Crippen molar-refractivity contribution in [3.05, 3.63) is 12.4 Å². The van der Waals surface area contributed by atoms with Gasteiger partial charge in [0, 0.05) is 12.7 Å². The number of carbonyl (C=O) groups excluding carboxylic acids is 1. The van der Waals surface area contributed by atoms with Crippen LogP contribution in [0.5, 0.6) is 0 Å². The highest BCUT2D eigenvalue weighted by Gasteiger charge is 2.50. The Morgan fingerprint density at radius 3 is 3.00 bits per heavy atom. The van der Waals surface area contributed by atoms with Crippen molar-refractivity contribution < 1.29 is 4.79 Å². The molecular weight excluding hydrogens is 192 g/mol. The van der Waals surface area contributed by atoms with Crippen LogP contribution in [0.1, 0.15) is 19.8 Å². The van der Waals surface area contributed by atoms with Crippen LogP contribution >= 0.6 is 0 Å². The minimum Gasteiger partial charge on any atom is -0.322 e. The highest BCUT2D eigenvalue weighted by Crippen LogP contribution is 2.45. The Hall–Kier alpha value is -1.83. The SMILES string of the molecule is CCn1cc(NC(=O)C2(C#N)CC2)cn1. The molecule has 15 heavy (non-hydrogen) atoms. The number of hydrogen-bond donors (Lipinski definition) is 1. The summed E-state index contributed by atoms with van der Waals surface area (Å²) < 4.78 is 1.72. The van der Waals surface area contributed by atoms with Crippen LogP contribution in [0.4, 0.5) is 5.69 Å². The van der Waals surface area contributed by atoms with Crippen LogP contribution in [0.2, 0.25) is 0 Å². The molecule has 0 radical (unpaired) electrons. The van der Waals surface area contributed by atoms with Gasteiger partial charge in [-0.1, -0.05) is 0 Å². The van der Waals surface area contributed by atoms with Gasteiger partial charge in [0.15, 0.2) is 0 Å². The highest BCUT2D eigenvalue weighted by molar-refractivity contribution is 5.99. The molecule has 5 nitrogen and oxygen atoms in total. The third-order valence-corrected chi connectivity index (χ3v) is 2.61. The lowest BCUT2D eigenvalue weighted by Gasteiger charge is -2.04. The number of carbonyl (C=O) groups is 1. The van der Waals surface area contributed by atoms with Crippen molar-refractivity contribution in [3.8, 4) is 6.07 Å². The number of amides is 1. The molecule has 0 aromatic carbocycles. The summed E-state index contributed by atoms with van der Waals surface area (Å²) in [5, 5.41) is 15.6. The molecule has 1 aliphatic carbocycles. The number of nitrogens with zero attached hydrogens (tertiary/aromatic N) is 3. The average Bonchev–Trinajstić information content (AvgIpc) is 2.94. The molecule has 0 aliphatic heterocycles. The van der Waals surface area contributed by atoms with Gasteiger partial charge in [0.05, 0.1) is 18.0 Å². The maximum Gasteiger partial charge on any atom is 0.244 e. The van der Waals surface area contributed by atoms with Crippen molar-refractivity contribution in [2.45, 2.75) is 26.3 Å². The molecule has 0 bridgehead atoms. The maximum absolute atomic E-state index is 11.7. The molecule has 1 aromatic rings. The number of rotatable bonds is 3. The molecule has 0 spiro atoms. The van der Waals surface area contributed by atoms with Crippen molar-refractivity contribution in [3.63, 3.8) is 0 Å². The summed E-state index contributed by atoms with van der Waals surface area (Å²) in [6.45, 7) is 2.73. The molecule has 1 amide bonds. The van der Waals surface area contributed by atoms with E-state index in [0.29, 0.717) is 18.5 Å². The number of nitrogens with one attached hydrogen (secondary N) is 1.